The fourth-order valence-electron chi connectivity index (χ4n) is 1.57. The van der Waals surface area contributed by atoms with E-state index in [-0.39, 0.29) is 0 Å². The topological polar surface area (TPSA) is 63.9 Å². The molecule has 2 aromatic rings. The van der Waals surface area contributed by atoms with Gasteiger partial charge < -0.3 is 15.5 Å². The van der Waals surface area contributed by atoms with Crippen molar-refractivity contribution in [3.63, 3.8) is 0 Å². The molecule has 15 heavy (non-hydrogen) atoms. The van der Waals surface area contributed by atoms with Gasteiger partial charge in [0.05, 0.1) is 11.0 Å². The van der Waals surface area contributed by atoms with Crippen LogP contribution in [0.2, 0.25) is 0 Å². The van der Waals surface area contributed by atoms with E-state index in [4.69, 9.17) is 10.5 Å². The molecule has 2 rings (SSSR count). The molecule has 80 valence electrons. The zero-order chi connectivity index (χ0) is 10.7. The van der Waals surface area contributed by atoms with Crippen LogP contribution in [0.3, 0.4) is 0 Å². The summed E-state index contributed by atoms with van der Waals surface area (Å²) in [7, 11) is 0. The third-order valence-corrected chi connectivity index (χ3v) is 2.31. The summed E-state index contributed by atoms with van der Waals surface area (Å²) >= 11 is 0. The molecule has 0 radical (unpaired) electrons. The quantitative estimate of drug-likeness (QED) is 0.796. The molecule has 0 aliphatic rings. The lowest BCUT2D eigenvalue weighted by atomic mass is 10.2. The molecule has 0 spiro atoms. The lowest BCUT2D eigenvalue weighted by molar-refractivity contribution is 0.129. The van der Waals surface area contributed by atoms with E-state index in [0.717, 1.165) is 22.4 Å². The second kappa shape index (κ2) is 4.42. The Balaban J connectivity index is 2.37. The van der Waals surface area contributed by atoms with Crippen LogP contribution >= 0.6 is 0 Å². The van der Waals surface area contributed by atoms with Gasteiger partial charge in [0.2, 0.25) is 0 Å². The fourth-order valence-corrected chi connectivity index (χ4v) is 1.57. The number of para-hydroxylation sites is 1. The van der Waals surface area contributed by atoms with Crippen molar-refractivity contribution in [2.45, 2.75) is 20.1 Å². The van der Waals surface area contributed by atoms with Gasteiger partial charge in [0, 0.05) is 13.2 Å². The number of aromatic nitrogens is 2. The van der Waals surface area contributed by atoms with Crippen molar-refractivity contribution >= 4 is 11.0 Å². The van der Waals surface area contributed by atoms with Crippen LogP contribution in [0.1, 0.15) is 18.3 Å². The number of aromatic amines is 1. The molecule has 0 unspecified atom stereocenters. The van der Waals surface area contributed by atoms with Crippen molar-refractivity contribution in [1.29, 1.82) is 0 Å². The average Bonchev–Trinajstić information content (AvgIpc) is 2.68. The molecule has 0 saturated heterocycles. The number of fused-ring (bicyclic) bond motifs is 1. The first-order chi connectivity index (χ1) is 7.35. The van der Waals surface area contributed by atoms with E-state index >= 15 is 0 Å². The number of nitrogens with zero attached hydrogens (tertiary/aromatic N) is 1. The SMILES string of the molecule is CCOCc1nc2c(CN)cccc2[nH]1. The lowest BCUT2D eigenvalue weighted by Crippen LogP contribution is -1.97. The predicted octanol–water partition coefficient (Wildman–Crippen LogP) is 1.56. The van der Waals surface area contributed by atoms with Crippen molar-refractivity contribution < 1.29 is 4.74 Å². The normalized spacial score (nSPS) is 11.1. The van der Waals surface area contributed by atoms with Gasteiger partial charge in [-0.2, -0.15) is 0 Å². The number of imidazole rings is 1. The Morgan fingerprint density at radius 2 is 2.33 bits per heavy atom. The molecular weight excluding hydrogens is 190 g/mol. The highest BCUT2D eigenvalue weighted by Crippen LogP contribution is 2.16. The molecule has 0 atom stereocenters. The molecule has 4 nitrogen and oxygen atoms in total. The Morgan fingerprint density at radius 3 is 3.07 bits per heavy atom. The Morgan fingerprint density at radius 1 is 1.47 bits per heavy atom. The van der Waals surface area contributed by atoms with E-state index in [9.17, 15) is 0 Å². The van der Waals surface area contributed by atoms with Crippen molar-refractivity contribution in [1.82, 2.24) is 9.97 Å². The van der Waals surface area contributed by atoms with Crippen molar-refractivity contribution in [3.8, 4) is 0 Å². The first-order valence-corrected chi connectivity index (χ1v) is 5.09. The highest BCUT2D eigenvalue weighted by atomic mass is 16.5. The van der Waals surface area contributed by atoms with Gasteiger partial charge in [-0.05, 0) is 18.6 Å². The molecule has 0 aliphatic heterocycles. The summed E-state index contributed by atoms with van der Waals surface area (Å²) in [6.45, 7) is 3.69. The van der Waals surface area contributed by atoms with Gasteiger partial charge in [-0.3, -0.25) is 0 Å². The minimum absolute atomic E-state index is 0.510. The molecule has 1 heterocycles. The van der Waals surface area contributed by atoms with E-state index in [1.165, 1.54) is 0 Å². The van der Waals surface area contributed by atoms with Gasteiger partial charge in [-0.15, -0.1) is 0 Å². The maximum Gasteiger partial charge on any atom is 0.133 e. The standard InChI is InChI=1S/C11H15N3O/c1-2-15-7-10-13-9-5-3-4-8(6-12)11(9)14-10/h3-5H,2,6-7,12H2,1H3,(H,13,14). The zero-order valence-electron chi connectivity index (χ0n) is 8.79. The van der Waals surface area contributed by atoms with Gasteiger partial charge in [-0.25, -0.2) is 4.98 Å². The molecular formula is C11H15N3O. The van der Waals surface area contributed by atoms with E-state index in [1.807, 2.05) is 25.1 Å². The van der Waals surface area contributed by atoms with E-state index < -0.39 is 0 Å². The number of hydrogen-bond acceptors (Lipinski definition) is 3. The third kappa shape index (κ3) is 2.00. The van der Waals surface area contributed by atoms with Gasteiger partial charge in [-0.1, -0.05) is 12.1 Å². The van der Waals surface area contributed by atoms with Crippen LogP contribution < -0.4 is 5.73 Å². The smallest absolute Gasteiger partial charge is 0.133 e. The van der Waals surface area contributed by atoms with Gasteiger partial charge >= 0.3 is 0 Å². The zero-order valence-corrected chi connectivity index (χ0v) is 8.79. The third-order valence-electron chi connectivity index (χ3n) is 2.31. The number of nitrogens with one attached hydrogen (secondary N) is 1. The Hall–Kier alpha value is -1.39. The van der Waals surface area contributed by atoms with Crippen LogP contribution in [0.5, 0.6) is 0 Å². The average molecular weight is 205 g/mol. The van der Waals surface area contributed by atoms with Crippen LogP contribution in [-0.4, -0.2) is 16.6 Å². The molecule has 0 bridgehead atoms. The summed E-state index contributed by atoms with van der Waals surface area (Å²) in [5, 5.41) is 0. The molecule has 0 amide bonds. The lowest BCUT2D eigenvalue weighted by Gasteiger charge is -1.95. The van der Waals surface area contributed by atoms with Crippen molar-refractivity contribution in [3.05, 3.63) is 29.6 Å². The first kappa shape index (κ1) is 10.1. The molecule has 0 fully saturated rings. The number of rotatable bonds is 4. The highest BCUT2D eigenvalue weighted by molar-refractivity contribution is 5.78. The van der Waals surface area contributed by atoms with Crippen molar-refractivity contribution in [2.75, 3.05) is 6.61 Å². The van der Waals surface area contributed by atoms with Gasteiger partial charge in [0.15, 0.2) is 0 Å². The van der Waals surface area contributed by atoms with Crippen LogP contribution in [0, 0.1) is 0 Å². The highest BCUT2D eigenvalue weighted by Gasteiger charge is 2.05. The predicted molar refractivity (Wildman–Crippen MR) is 59.3 cm³/mol. The van der Waals surface area contributed by atoms with E-state index in [2.05, 4.69) is 9.97 Å². The number of H-pyrrole nitrogens is 1. The Bertz CT molecular complexity index is 450. The van der Waals surface area contributed by atoms with Crippen LogP contribution in [0.4, 0.5) is 0 Å². The number of nitrogens with two attached hydrogens (primary N) is 1. The summed E-state index contributed by atoms with van der Waals surface area (Å²) in [4.78, 5) is 7.67. The molecule has 0 saturated carbocycles. The molecule has 1 aromatic heterocycles. The fraction of sp³-hybridized carbons (Fsp3) is 0.364. The minimum Gasteiger partial charge on any atom is -0.374 e. The number of hydrogen-bond donors (Lipinski definition) is 2. The molecule has 3 N–H and O–H groups in total. The summed E-state index contributed by atoms with van der Waals surface area (Å²) in [6, 6.07) is 5.97. The largest absolute Gasteiger partial charge is 0.374 e. The monoisotopic (exact) mass is 205 g/mol. The van der Waals surface area contributed by atoms with Gasteiger partial charge in [0.1, 0.15) is 12.4 Å². The summed E-state index contributed by atoms with van der Waals surface area (Å²) in [5.74, 6) is 0.854. The van der Waals surface area contributed by atoms with Crippen molar-refractivity contribution in [2.24, 2.45) is 5.73 Å². The number of benzene rings is 1. The summed E-state index contributed by atoms with van der Waals surface area (Å²) in [6.07, 6.45) is 0. The summed E-state index contributed by atoms with van der Waals surface area (Å²) in [5.41, 5.74) is 8.68. The summed E-state index contributed by atoms with van der Waals surface area (Å²) < 4.78 is 5.30. The minimum atomic E-state index is 0.510. The van der Waals surface area contributed by atoms with Gasteiger partial charge in [0.25, 0.3) is 0 Å². The molecule has 0 aliphatic carbocycles. The Labute approximate surface area is 88.5 Å². The van der Waals surface area contributed by atoms with E-state index in [1.54, 1.807) is 0 Å². The Kier molecular flexibility index (Phi) is 2.99. The maximum atomic E-state index is 5.64. The van der Waals surface area contributed by atoms with E-state index in [0.29, 0.717) is 19.8 Å². The maximum absolute atomic E-state index is 5.64. The number of ether oxygens (including phenoxy) is 1. The molecule has 1 aromatic carbocycles. The first-order valence-electron chi connectivity index (χ1n) is 5.09. The second-order valence-electron chi connectivity index (χ2n) is 3.34. The van der Waals surface area contributed by atoms with Crippen LogP contribution in [0.25, 0.3) is 11.0 Å². The van der Waals surface area contributed by atoms with Crippen LogP contribution in [0.15, 0.2) is 18.2 Å². The van der Waals surface area contributed by atoms with Crippen LogP contribution in [-0.2, 0) is 17.9 Å². The molecule has 4 heteroatoms. The second-order valence-corrected chi connectivity index (χ2v) is 3.34.